The minimum absolute atomic E-state index is 0.00507. The maximum atomic E-state index is 11.3. The second-order valence-electron chi connectivity index (χ2n) is 3.51. The van der Waals surface area contributed by atoms with Gasteiger partial charge in [0.25, 0.3) is 0 Å². The summed E-state index contributed by atoms with van der Waals surface area (Å²) in [5.41, 5.74) is 1.11. The van der Waals surface area contributed by atoms with Crippen molar-refractivity contribution >= 4 is 29.3 Å². The van der Waals surface area contributed by atoms with Crippen LogP contribution in [0.4, 0.5) is 0 Å². The molecular weight excluding hydrogens is 258 g/mol. The highest BCUT2D eigenvalue weighted by Crippen LogP contribution is 2.10. The molecule has 17 heavy (non-hydrogen) atoms. The van der Waals surface area contributed by atoms with Gasteiger partial charge in [-0.05, 0) is 24.1 Å². The molecule has 1 rings (SSSR count). The molecule has 0 saturated carbocycles. The fourth-order valence-electron chi connectivity index (χ4n) is 1.32. The van der Waals surface area contributed by atoms with Crippen molar-refractivity contribution in [2.45, 2.75) is 6.42 Å². The van der Waals surface area contributed by atoms with Crippen LogP contribution >= 0.6 is 23.4 Å². The third-order valence-electron chi connectivity index (χ3n) is 2.09. The van der Waals surface area contributed by atoms with Crippen molar-refractivity contribution in [3.8, 4) is 0 Å². The van der Waals surface area contributed by atoms with Crippen molar-refractivity contribution < 1.29 is 9.90 Å². The first-order valence-electron chi connectivity index (χ1n) is 5.42. The fourth-order valence-corrected chi connectivity index (χ4v) is 2.09. The average Bonchev–Trinajstić information content (AvgIpc) is 2.29. The summed E-state index contributed by atoms with van der Waals surface area (Å²) in [6.07, 6.45) is 0.775. The second kappa shape index (κ2) is 8.39. The van der Waals surface area contributed by atoms with Gasteiger partial charge >= 0.3 is 0 Å². The van der Waals surface area contributed by atoms with Crippen molar-refractivity contribution in [1.29, 1.82) is 0 Å². The molecule has 0 bridgehead atoms. The van der Waals surface area contributed by atoms with Crippen LogP contribution in [-0.4, -0.2) is 35.7 Å². The van der Waals surface area contributed by atoms with E-state index in [1.165, 1.54) is 11.8 Å². The zero-order valence-corrected chi connectivity index (χ0v) is 11.1. The van der Waals surface area contributed by atoms with Crippen molar-refractivity contribution in [2.24, 2.45) is 0 Å². The van der Waals surface area contributed by atoms with Gasteiger partial charge in [0.2, 0.25) is 5.91 Å². The van der Waals surface area contributed by atoms with Crippen molar-refractivity contribution in [3.63, 3.8) is 0 Å². The molecule has 0 fully saturated rings. The molecule has 0 saturated heterocycles. The molecule has 0 unspecified atom stereocenters. The number of aliphatic hydroxyl groups excluding tert-OH is 1. The Labute approximate surface area is 111 Å². The number of rotatable bonds is 7. The number of benzene rings is 1. The average molecular weight is 274 g/mol. The molecular formula is C12H16ClNO2S. The van der Waals surface area contributed by atoms with E-state index in [1.54, 1.807) is 0 Å². The topological polar surface area (TPSA) is 49.3 Å². The molecule has 1 amide bonds. The van der Waals surface area contributed by atoms with Gasteiger partial charge in [-0.3, -0.25) is 4.79 Å². The molecule has 0 aliphatic heterocycles. The number of aliphatic hydroxyl groups is 1. The van der Waals surface area contributed by atoms with E-state index >= 15 is 0 Å². The van der Waals surface area contributed by atoms with E-state index in [0.717, 1.165) is 12.0 Å². The van der Waals surface area contributed by atoms with Gasteiger partial charge < -0.3 is 10.4 Å². The Morgan fingerprint density at radius 1 is 1.47 bits per heavy atom. The Hall–Kier alpha value is -0.710. The van der Waals surface area contributed by atoms with E-state index in [-0.39, 0.29) is 12.5 Å². The molecule has 0 aliphatic rings. The summed E-state index contributed by atoms with van der Waals surface area (Å²) in [4.78, 5) is 11.3. The first-order valence-corrected chi connectivity index (χ1v) is 6.95. The lowest BCUT2D eigenvalue weighted by molar-refractivity contribution is -0.118. The molecule has 0 radical (unpaired) electrons. The largest absolute Gasteiger partial charge is 0.396 e. The van der Waals surface area contributed by atoms with Gasteiger partial charge in [-0.1, -0.05) is 23.7 Å². The standard InChI is InChI=1S/C12H16ClNO2S/c13-11-3-1-2-10(8-11)4-5-14-12(16)9-17-7-6-15/h1-3,8,15H,4-7,9H2,(H,14,16). The van der Waals surface area contributed by atoms with E-state index in [1.807, 2.05) is 24.3 Å². The highest BCUT2D eigenvalue weighted by atomic mass is 35.5. The maximum Gasteiger partial charge on any atom is 0.230 e. The third-order valence-corrected chi connectivity index (χ3v) is 3.27. The first kappa shape index (κ1) is 14.4. The zero-order valence-electron chi connectivity index (χ0n) is 9.49. The Balaban J connectivity index is 2.17. The molecule has 94 valence electrons. The molecule has 0 spiro atoms. The number of halogens is 1. The quantitative estimate of drug-likeness (QED) is 0.744. The first-order chi connectivity index (χ1) is 8.22. The summed E-state index contributed by atoms with van der Waals surface area (Å²) in [5.74, 6) is 1.00. The predicted octanol–water partition coefficient (Wildman–Crippen LogP) is 1.72. The summed E-state index contributed by atoms with van der Waals surface area (Å²) in [6, 6.07) is 7.61. The van der Waals surface area contributed by atoms with Crippen LogP contribution in [0.5, 0.6) is 0 Å². The SMILES string of the molecule is O=C(CSCCO)NCCc1cccc(Cl)c1. The number of hydrogen-bond acceptors (Lipinski definition) is 3. The molecule has 1 aromatic carbocycles. The number of thioether (sulfide) groups is 1. The Bertz CT molecular complexity index is 360. The number of amides is 1. The van der Waals surface area contributed by atoms with E-state index in [2.05, 4.69) is 5.32 Å². The predicted molar refractivity (Wildman–Crippen MR) is 72.6 cm³/mol. The third kappa shape index (κ3) is 6.56. The molecule has 1 aromatic rings. The normalized spacial score (nSPS) is 10.2. The number of carbonyl (C=O) groups excluding carboxylic acids is 1. The van der Waals surface area contributed by atoms with Crippen LogP contribution in [0.25, 0.3) is 0 Å². The molecule has 0 atom stereocenters. The smallest absolute Gasteiger partial charge is 0.230 e. The number of nitrogens with one attached hydrogen (secondary N) is 1. The number of hydrogen-bond donors (Lipinski definition) is 2. The van der Waals surface area contributed by atoms with Gasteiger partial charge in [0.15, 0.2) is 0 Å². The van der Waals surface area contributed by atoms with E-state index in [4.69, 9.17) is 16.7 Å². The summed E-state index contributed by atoms with van der Waals surface area (Å²) in [7, 11) is 0. The summed E-state index contributed by atoms with van der Waals surface area (Å²) < 4.78 is 0. The minimum Gasteiger partial charge on any atom is -0.396 e. The van der Waals surface area contributed by atoms with Crippen LogP contribution in [0.3, 0.4) is 0 Å². The van der Waals surface area contributed by atoms with E-state index < -0.39 is 0 Å². The van der Waals surface area contributed by atoms with Gasteiger partial charge in [0, 0.05) is 17.3 Å². The van der Waals surface area contributed by atoms with Crippen LogP contribution in [0.15, 0.2) is 24.3 Å². The van der Waals surface area contributed by atoms with Crippen molar-refractivity contribution in [3.05, 3.63) is 34.9 Å². The van der Waals surface area contributed by atoms with Crippen LogP contribution in [-0.2, 0) is 11.2 Å². The Kier molecular flexibility index (Phi) is 7.08. The lowest BCUT2D eigenvalue weighted by Gasteiger charge is -2.05. The maximum absolute atomic E-state index is 11.3. The minimum atomic E-state index is 0.00507. The van der Waals surface area contributed by atoms with Gasteiger partial charge in [-0.15, -0.1) is 11.8 Å². The van der Waals surface area contributed by atoms with E-state index in [0.29, 0.717) is 23.1 Å². The lowest BCUT2D eigenvalue weighted by atomic mass is 10.1. The molecule has 2 N–H and O–H groups in total. The second-order valence-corrected chi connectivity index (χ2v) is 5.05. The Morgan fingerprint density at radius 2 is 2.29 bits per heavy atom. The van der Waals surface area contributed by atoms with E-state index in [9.17, 15) is 4.79 Å². The van der Waals surface area contributed by atoms with Crippen LogP contribution in [0.2, 0.25) is 5.02 Å². The lowest BCUT2D eigenvalue weighted by Crippen LogP contribution is -2.27. The molecule has 3 nitrogen and oxygen atoms in total. The summed E-state index contributed by atoms with van der Waals surface area (Å²) >= 11 is 7.28. The molecule has 0 aliphatic carbocycles. The van der Waals surface area contributed by atoms with Crippen molar-refractivity contribution in [2.75, 3.05) is 24.7 Å². The molecule has 0 aromatic heterocycles. The van der Waals surface area contributed by atoms with Crippen LogP contribution < -0.4 is 5.32 Å². The van der Waals surface area contributed by atoms with Gasteiger partial charge in [-0.2, -0.15) is 0 Å². The highest BCUT2D eigenvalue weighted by molar-refractivity contribution is 7.99. The van der Waals surface area contributed by atoms with Crippen molar-refractivity contribution in [1.82, 2.24) is 5.32 Å². The Morgan fingerprint density at radius 3 is 3.00 bits per heavy atom. The van der Waals surface area contributed by atoms with Gasteiger partial charge in [0.1, 0.15) is 0 Å². The van der Waals surface area contributed by atoms with Crippen LogP contribution in [0, 0.1) is 0 Å². The van der Waals surface area contributed by atoms with Crippen LogP contribution in [0.1, 0.15) is 5.56 Å². The summed E-state index contributed by atoms with van der Waals surface area (Å²) in [5, 5.41) is 12.1. The molecule has 0 heterocycles. The summed E-state index contributed by atoms with van der Waals surface area (Å²) in [6.45, 7) is 0.722. The van der Waals surface area contributed by atoms with Gasteiger partial charge in [0.05, 0.1) is 12.4 Å². The highest BCUT2D eigenvalue weighted by Gasteiger charge is 2.00. The number of carbonyl (C=O) groups is 1. The zero-order chi connectivity index (χ0) is 12.5. The fraction of sp³-hybridized carbons (Fsp3) is 0.417. The van der Waals surface area contributed by atoms with Gasteiger partial charge in [-0.25, -0.2) is 0 Å². The monoisotopic (exact) mass is 273 g/mol. The molecule has 5 heteroatoms.